The third kappa shape index (κ3) is 3.82. The molecule has 0 aliphatic carbocycles. The molecule has 5 nitrogen and oxygen atoms in total. The number of rotatable bonds is 6. The lowest BCUT2D eigenvalue weighted by molar-refractivity contribution is 0.334. The first-order chi connectivity index (χ1) is 10.1. The summed E-state index contributed by atoms with van der Waals surface area (Å²) in [5.41, 5.74) is 1.01. The molecule has 2 rings (SSSR count). The first-order valence-corrected chi connectivity index (χ1v) is 8.87. The average Bonchev–Trinajstić information content (AvgIpc) is 2.98. The van der Waals surface area contributed by atoms with Gasteiger partial charge in [0.1, 0.15) is 0 Å². The fourth-order valence-corrected chi connectivity index (χ4v) is 4.59. The predicted octanol–water partition coefficient (Wildman–Crippen LogP) is 1.46. The van der Waals surface area contributed by atoms with Gasteiger partial charge < -0.3 is 5.32 Å². The molecule has 1 fully saturated rings. The SMILES string of the molecule is CCCN(C1CCNC1)S(=O)(=O)Cc1ccccc1C#N. The van der Waals surface area contributed by atoms with Gasteiger partial charge in [-0.25, -0.2) is 8.42 Å². The van der Waals surface area contributed by atoms with E-state index < -0.39 is 10.0 Å². The molecule has 1 N–H and O–H groups in total. The Morgan fingerprint density at radius 1 is 1.43 bits per heavy atom. The Hall–Kier alpha value is -1.42. The van der Waals surface area contributed by atoms with Gasteiger partial charge >= 0.3 is 0 Å². The summed E-state index contributed by atoms with van der Waals surface area (Å²) in [4.78, 5) is 0. The first kappa shape index (κ1) is 16.0. The van der Waals surface area contributed by atoms with Crippen LogP contribution in [-0.2, 0) is 15.8 Å². The number of hydrogen-bond donors (Lipinski definition) is 1. The number of nitrogens with zero attached hydrogens (tertiary/aromatic N) is 2. The first-order valence-electron chi connectivity index (χ1n) is 7.26. The molecule has 0 aromatic heterocycles. The number of nitrogens with one attached hydrogen (secondary N) is 1. The largest absolute Gasteiger partial charge is 0.315 e. The summed E-state index contributed by atoms with van der Waals surface area (Å²) in [6, 6.07) is 8.99. The topological polar surface area (TPSA) is 73.2 Å². The van der Waals surface area contributed by atoms with Crippen molar-refractivity contribution in [2.75, 3.05) is 19.6 Å². The monoisotopic (exact) mass is 307 g/mol. The standard InChI is InChI=1S/C15H21N3O2S/c1-2-9-18(15-7-8-17-11-15)21(19,20)12-14-6-4-3-5-13(14)10-16/h3-6,15,17H,2,7-9,11-12H2,1H3. The smallest absolute Gasteiger partial charge is 0.218 e. The summed E-state index contributed by atoms with van der Waals surface area (Å²) in [6.45, 7) is 4.08. The Morgan fingerprint density at radius 3 is 2.81 bits per heavy atom. The van der Waals surface area contributed by atoms with Crippen LogP contribution in [0.5, 0.6) is 0 Å². The minimum atomic E-state index is -3.41. The van der Waals surface area contributed by atoms with Crippen LogP contribution < -0.4 is 5.32 Å². The molecular weight excluding hydrogens is 286 g/mol. The minimum absolute atomic E-state index is 0.0317. The Morgan fingerprint density at radius 2 is 2.19 bits per heavy atom. The van der Waals surface area contributed by atoms with E-state index in [1.54, 1.807) is 28.6 Å². The van der Waals surface area contributed by atoms with Crippen LogP contribution in [0, 0.1) is 11.3 Å². The highest BCUT2D eigenvalue weighted by Gasteiger charge is 2.31. The Kier molecular flexibility index (Phi) is 5.34. The fourth-order valence-electron chi connectivity index (χ4n) is 2.69. The number of nitriles is 1. The number of benzene rings is 1. The molecule has 0 spiro atoms. The van der Waals surface area contributed by atoms with Crippen LogP contribution in [0.2, 0.25) is 0 Å². The zero-order valence-corrected chi connectivity index (χ0v) is 13.1. The van der Waals surface area contributed by atoms with Crippen LogP contribution in [-0.4, -0.2) is 38.4 Å². The van der Waals surface area contributed by atoms with Crippen molar-refractivity contribution in [3.8, 4) is 6.07 Å². The Bertz CT molecular complexity index is 616. The van der Waals surface area contributed by atoms with Crippen molar-refractivity contribution >= 4 is 10.0 Å². The Labute approximate surface area is 126 Å². The van der Waals surface area contributed by atoms with E-state index in [9.17, 15) is 8.42 Å². The second-order valence-electron chi connectivity index (χ2n) is 5.28. The lowest BCUT2D eigenvalue weighted by atomic mass is 10.1. The molecular formula is C15H21N3O2S. The number of sulfonamides is 1. The second kappa shape index (κ2) is 7.03. The summed E-state index contributed by atoms with van der Waals surface area (Å²) in [5.74, 6) is -0.104. The molecule has 0 amide bonds. The third-order valence-corrected chi connectivity index (χ3v) is 5.59. The van der Waals surface area contributed by atoms with Crippen molar-refractivity contribution < 1.29 is 8.42 Å². The maximum atomic E-state index is 12.7. The zero-order chi connectivity index (χ0) is 15.3. The van der Waals surface area contributed by atoms with Crippen LogP contribution in [0.25, 0.3) is 0 Å². The molecule has 0 bridgehead atoms. The van der Waals surface area contributed by atoms with Gasteiger partial charge in [0.15, 0.2) is 0 Å². The molecule has 1 saturated heterocycles. The molecule has 1 aliphatic rings. The van der Waals surface area contributed by atoms with Crippen molar-refractivity contribution in [1.29, 1.82) is 5.26 Å². The summed E-state index contributed by atoms with van der Waals surface area (Å²) >= 11 is 0. The van der Waals surface area contributed by atoms with E-state index in [1.165, 1.54) is 0 Å². The maximum Gasteiger partial charge on any atom is 0.218 e. The maximum absolute atomic E-state index is 12.7. The van der Waals surface area contributed by atoms with Gasteiger partial charge in [-0.2, -0.15) is 9.57 Å². The second-order valence-corrected chi connectivity index (χ2v) is 7.20. The van der Waals surface area contributed by atoms with Gasteiger partial charge in [0.05, 0.1) is 17.4 Å². The van der Waals surface area contributed by atoms with Gasteiger partial charge in [-0.3, -0.25) is 0 Å². The quantitative estimate of drug-likeness (QED) is 0.863. The molecule has 1 heterocycles. The van der Waals surface area contributed by atoms with Crippen LogP contribution in [0.1, 0.15) is 30.9 Å². The van der Waals surface area contributed by atoms with Gasteiger partial charge in [0.2, 0.25) is 10.0 Å². The highest BCUT2D eigenvalue weighted by atomic mass is 32.2. The van der Waals surface area contributed by atoms with E-state index in [4.69, 9.17) is 5.26 Å². The lowest BCUT2D eigenvalue weighted by Crippen LogP contribution is -2.42. The molecule has 1 aromatic carbocycles. The number of hydrogen-bond acceptors (Lipinski definition) is 4. The summed E-state index contributed by atoms with van der Waals surface area (Å²) in [6.07, 6.45) is 1.63. The highest BCUT2D eigenvalue weighted by molar-refractivity contribution is 7.88. The van der Waals surface area contributed by atoms with Gasteiger partial charge in [0, 0.05) is 19.1 Å². The molecule has 1 aliphatic heterocycles. The van der Waals surface area contributed by atoms with Gasteiger partial charge in [0.25, 0.3) is 0 Å². The van der Waals surface area contributed by atoms with Gasteiger partial charge in [-0.15, -0.1) is 0 Å². The van der Waals surface area contributed by atoms with Gasteiger partial charge in [-0.05, 0) is 31.0 Å². The summed E-state index contributed by atoms with van der Waals surface area (Å²) < 4.78 is 27.1. The highest BCUT2D eigenvalue weighted by Crippen LogP contribution is 2.20. The molecule has 6 heteroatoms. The normalized spacial score (nSPS) is 18.8. The summed E-state index contributed by atoms with van der Waals surface area (Å²) in [7, 11) is -3.41. The molecule has 114 valence electrons. The Balaban J connectivity index is 2.24. The van der Waals surface area contributed by atoms with E-state index in [0.29, 0.717) is 24.2 Å². The van der Waals surface area contributed by atoms with E-state index in [-0.39, 0.29) is 11.8 Å². The fraction of sp³-hybridized carbons (Fsp3) is 0.533. The lowest BCUT2D eigenvalue weighted by Gasteiger charge is -2.27. The minimum Gasteiger partial charge on any atom is -0.315 e. The van der Waals surface area contributed by atoms with Crippen molar-refractivity contribution in [3.63, 3.8) is 0 Å². The van der Waals surface area contributed by atoms with Crippen molar-refractivity contribution in [2.24, 2.45) is 0 Å². The summed E-state index contributed by atoms with van der Waals surface area (Å²) in [5, 5.41) is 12.3. The van der Waals surface area contributed by atoms with E-state index in [2.05, 4.69) is 11.4 Å². The molecule has 1 aromatic rings. The van der Waals surface area contributed by atoms with E-state index in [1.807, 2.05) is 6.92 Å². The van der Waals surface area contributed by atoms with Crippen molar-refractivity contribution in [3.05, 3.63) is 35.4 Å². The van der Waals surface area contributed by atoms with Crippen LogP contribution in [0.4, 0.5) is 0 Å². The predicted molar refractivity (Wildman–Crippen MR) is 82.1 cm³/mol. The van der Waals surface area contributed by atoms with Crippen molar-refractivity contribution in [1.82, 2.24) is 9.62 Å². The van der Waals surface area contributed by atoms with Crippen LogP contribution in [0.15, 0.2) is 24.3 Å². The van der Waals surface area contributed by atoms with Crippen LogP contribution >= 0.6 is 0 Å². The molecule has 21 heavy (non-hydrogen) atoms. The van der Waals surface area contributed by atoms with Gasteiger partial charge in [-0.1, -0.05) is 25.1 Å². The average molecular weight is 307 g/mol. The molecule has 1 atom stereocenters. The van der Waals surface area contributed by atoms with Crippen LogP contribution in [0.3, 0.4) is 0 Å². The molecule has 0 saturated carbocycles. The molecule has 0 radical (unpaired) electrons. The zero-order valence-electron chi connectivity index (χ0n) is 12.2. The van der Waals surface area contributed by atoms with E-state index in [0.717, 1.165) is 19.4 Å². The van der Waals surface area contributed by atoms with E-state index >= 15 is 0 Å². The third-order valence-electron chi connectivity index (χ3n) is 3.72. The van der Waals surface area contributed by atoms with Crippen molar-refractivity contribution in [2.45, 2.75) is 31.6 Å². The molecule has 1 unspecified atom stereocenters.